The number of aromatic nitrogens is 1. The Morgan fingerprint density at radius 3 is 2.50 bits per heavy atom. The molecule has 10 heteroatoms. The number of aliphatic hydroxyl groups is 1. The van der Waals surface area contributed by atoms with Gasteiger partial charge in [0.1, 0.15) is 10.6 Å². The molecule has 1 amide bonds. The molecule has 0 spiro atoms. The minimum Gasteiger partial charge on any atom is -0.507 e. The maximum atomic E-state index is 13.3. The van der Waals surface area contributed by atoms with Gasteiger partial charge < -0.3 is 19.7 Å². The number of aryl methyl sites for hydroxylation is 1. The molecule has 1 fully saturated rings. The molecule has 2 N–H and O–H groups in total. The molecule has 1 atom stereocenters. The summed E-state index contributed by atoms with van der Waals surface area (Å²) < 4.78 is 10.6. The first kappa shape index (κ1) is 24.9. The van der Waals surface area contributed by atoms with Crippen molar-refractivity contribution >= 4 is 39.9 Å². The SMILES string of the molecule is CCOC(=O)c1sc(N2C(=O)C(=O)/C(=C(/O)c3ccccc3)[C@@H]2c2ccc(O)c(OCC)c2)nc1C. The van der Waals surface area contributed by atoms with E-state index in [9.17, 15) is 24.6 Å². The molecule has 36 heavy (non-hydrogen) atoms. The molecule has 0 aliphatic carbocycles. The maximum Gasteiger partial charge on any atom is 0.350 e. The van der Waals surface area contributed by atoms with Crippen LogP contribution in [0, 0.1) is 6.92 Å². The molecule has 0 radical (unpaired) electrons. The van der Waals surface area contributed by atoms with Crippen LogP contribution in [-0.2, 0) is 14.3 Å². The number of hydrogen-bond donors (Lipinski definition) is 2. The highest BCUT2D eigenvalue weighted by Gasteiger charge is 2.48. The van der Waals surface area contributed by atoms with Crippen LogP contribution in [0.1, 0.15) is 46.4 Å². The molecule has 3 aromatic rings. The highest BCUT2D eigenvalue weighted by molar-refractivity contribution is 7.17. The van der Waals surface area contributed by atoms with Gasteiger partial charge in [0, 0.05) is 5.56 Å². The van der Waals surface area contributed by atoms with E-state index in [-0.39, 0.29) is 46.1 Å². The molecule has 186 valence electrons. The molecular weight excluding hydrogens is 484 g/mol. The number of aliphatic hydroxyl groups excluding tert-OH is 1. The van der Waals surface area contributed by atoms with E-state index in [0.717, 1.165) is 16.2 Å². The van der Waals surface area contributed by atoms with Crippen molar-refractivity contribution in [1.29, 1.82) is 0 Å². The van der Waals surface area contributed by atoms with Crippen molar-refractivity contribution in [2.45, 2.75) is 26.8 Å². The standard InChI is InChI=1S/C26H24N2O7S/c1-4-34-18-13-16(11-12-17(18)29)20-19(21(30)15-9-7-6-8-10-15)22(31)24(32)28(20)26-27-14(3)23(36-26)25(33)35-5-2/h6-13,20,29-30H,4-5H2,1-3H3/b21-19+/t20-/m0/s1. The topological polar surface area (TPSA) is 126 Å². The van der Waals surface area contributed by atoms with Gasteiger partial charge >= 0.3 is 11.9 Å². The molecule has 0 unspecified atom stereocenters. The number of carbonyl (C=O) groups is 3. The molecule has 1 aromatic heterocycles. The van der Waals surface area contributed by atoms with E-state index in [2.05, 4.69) is 4.98 Å². The van der Waals surface area contributed by atoms with Crippen LogP contribution in [-0.4, -0.2) is 46.1 Å². The summed E-state index contributed by atoms with van der Waals surface area (Å²) in [6.07, 6.45) is 0. The number of hydrogen-bond acceptors (Lipinski definition) is 9. The Kier molecular flexibility index (Phi) is 7.07. The van der Waals surface area contributed by atoms with Crippen molar-refractivity contribution < 1.29 is 34.1 Å². The van der Waals surface area contributed by atoms with Gasteiger partial charge in [-0.25, -0.2) is 9.78 Å². The molecule has 2 aromatic carbocycles. The smallest absolute Gasteiger partial charge is 0.350 e. The monoisotopic (exact) mass is 508 g/mol. The number of Topliss-reactive ketones (excluding diaryl/α,β-unsaturated/α-hetero) is 1. The van der Waals surface area contributed by atoms with Gasteiger partial charge in [-0.1, -0.05) is 47.7 Å². The Balaban J connectivity index is 1.93. The first-order valence-electron chi connectivity index (χ1n) is 11.2. The highest BCUT2D eigenvalue weighted by Crippen LogP contribution is 2.45. The Labute approximate surface area is 211 Å². The average molecular weight is 509 g/mol. The molecule has 0 bridgehead atoms. The number of anilines is 1. The van der Waals surface area contributed by atoms with E-state index in [1.54, 1.807) is 51.1 Å². The Hall–Kier alpha value is -4.18. The molecule has 4 rings (SSSR count). The number of esters is 1. The lowest BCUT2D eigenvalue weighted by Crippen LogP contribution is -2.29. The second kappa shape index (κ2) is 10.2. The van der Waals surface area contributed by atoms with Crippen LogP contribution in [0.5, 0.6) is 11.5 Å². The van der Waals surface area contributed by atoms with Crippen molar-refractivity contribution in [3.63, 3.8) is 0 Å². The van der Waals surface area contributed by atoms with E-state index in [4.69, 9.17) is 9.47 Å². The Morgan fingerprint density at radius 2 is 1.83 bits per heavy atom. The summed E-state index contributed by atoms with van der Waals surface area (Å²) in [5, 5.41) is 21.5. The lowest BCUT2D eigenvalue weighted by molar-refractivity contribution is -0.132. The van der Waals surface area contributed by atoms with Crippen LogP contribution >= 0.6 is 11.3 Å². The lowest BCUT2D eigenvalue weighted by Gasteiger charge is -2.23. The van der Waals surface area contributed by atoms with Crippen LogP contribution in [0.25, 0.3) is 5.76 Å². The summed E-state index contributed by atoms with van der Waals surface area (Å²) in [6, 6.07) is 11.7. The fourth-order valence-electron chi connectivity index (χ4n) is 3.94. The molecular formula is C26H24N2O7S. The normalized spacial score (nSPS) is 16.9. The first-order valence-corrected chi connectivity index (χ1v) is 12.1. The van der Waals surface area contributed by atoms with Crippen molar-refractivity contribution in [2.75, 3.05) is 18.1 Å². The zero-order valence-corrected chi connectivity index (χ0v) is 20.7. The zero-order valence-electron chi connectivity index (χ0n) is 19.8. The van der Waals surface area contributed by atoms with Crippen LogP contribution in [0.15, 0.2) is 54.1 Å². The minimum atomic E-state index is -1.09. The lowest BCUT2D eigenvalue weighted by atomic mass is 9.95. The number of ketones is 1. The second-order valence-corrected chi connectivity index (χ2v) is 8.80. The third-order valence-electron chi connectivity index (χ3n) is 5.54. The number of thiazole rings is 1. The average Bonchev–Trinajstić information content (AvgIpc) is 3.37. The molecule has 1 saturated heterocycles. The molecule has 9 nitrogen and oxygen atoms in total. The number of phenolic OH excluding ortho intramolecular Hbond substituents is 1. The fraction of sp³-hybridized carbons (Fsp3) is 0.231. The van der Waals surface area contributed by atoms with Crippen LogP contribution in [0.3, 0.4) is 0 Å². The predicted octanol–water partition coefficient (Wildman–Crippen LogP) is 4.36. The second-order valence-electron chi connectivity index (χ2n) is 7.83. The maximum absolute atomic E-state index is 13.3. The van der Waals surface area contributed by atoms with Gasteiger partial charge in [-0.15, -0.1) is 0 Å². The quantitative estimate of drug-likeness (QED) is 0.209. The first-order chi connectivity index (χ1) is 17.3. The summed E-state index contributed by atoms with van der Waals surface area (Å²) in [4.78, 5) is 44.7. The molecule has 0 saturated carbocycles. The van der Waals surface area contributed by atoms with E-state index in [1.807, 2.05) is 0 Å². The van der Waals surface area contributed by atoms with Gasteiger partial charge in [0.15, 0.2) is 16.6 Å². The summed E-state index contributed by atoms with van der Waals surface area (Å²) in [5.41, 5.74) is 0.952. The van der Waals surface area contributed by atoms with Gasteiger partial charge in [-0.05, 0) is 38.5 Å². The number of ether oxygens (including phenoxy) is 2. The van der Waals surface area contributed by atoms with Gasteiger partial charge in [0.05, 0.1) is 30.5 Å². The number of nitrogens with zero attached hydrogens (tertiary/aromatic N) is 2. The zero-order chi connectivity index (χ0) is 26.0. The minimum absolute atomic E-state index is 0.0980. The largest absolute Gasteiger partial charge is 0.507 e. The number of amides is 1. The van der Waals surface area contributed by atoms with E-state index in [0.29, 0.717) is 16.8 Å². The van der Waals surface area contributed by atoms with Gasteiger partial charge in [0.2, 0.25) is 0 Å². The fourth-order valence-corrected chi connectivity index (χ4v) is 4.93. The highest BCUT2D eigenvalue weighted by atomic mass is 32.1. The number of benzene rings is 2. The summed E-state index contributed by atoms with van der Waals surface area (Å²) in [6.45, 7) is 5.48. The van der Waals surface area contributed by atoms with Crippen molar-refractivity contribution in [2.24, 2.45) is 0 Å². The number of aromatic hydroxyl groups is 1. The van der Waals surface area contributed by atoms with Crippen molar-refractivity contribution in [3.8, 4) is 11.5 Å². The van der Waals surface area contributed by atoms with Gasteiger partial charge in [-0.3, -0.25) is 14.5 Å². The molecule has 1 aliphatic heterocycles. The summed E-state index contributed by atoms with van der Waals surface area (Å²) >= 11 is 0.919. The van der Waals surface area contributed by atoms with Crippen LogP contribution < -0.4 is 9.64 Å². The van der Waals surface area contributed by atoms with Crippen LogP contribution in [0.2, 0.25) is 0 Å². The molecule has 2 heterocycles. The Morgan fingerprint density at radius 1 is 1.11 bits per heavy atom. The number of phenols is 1. The predicted molar refractivity (Wildman–Crippen MR) is 133 cm³/mol. The Bertz CT molecular complexity index is 1360. The third-order valence-corrected chi connectivity index (χ3v) is 6.68. The van der Waals surface area contributed by atoms with E-state index in [1.165, 1.54) is 18.2 Å². The van der Waals surface area contributed by atoms with Gasteiger partial charge in [-0.2, -0.15) is 0 Å². The third kappa shape index (κ3) is 4.42. The van der Waals surface area contributed by atoms with Crippen LogP contribution in [0.4, 0.5) is 5.13 Å². The number of rotatable bonds is 7. The summed E-state index contributed by atoms with van der Waals surface area (Å²) in [7, 11) is 0. The van der Waals surface area contributed by atoms with E-state index >= 15 is 0 Å². The van der Waals surface area contributed by atoms with Crippen molar-refractivity contribution in [1.82, 2.24) is 4.98 Å². The van der Waals surface area contributed by atoms with Gasteiger partial charge in [0.25, 0.3) is 5.78 Å². The van der Waals surface area contributed by atoms with E-state index < -0.39 is 23.7 Å². The number of carbonyl (C=O) groups excluding carboxylic acids is 3. The molecule has 1 aliphatic rings. The summed E-state index contributed by atoms with van der Waals surface area (Å²) in [5.74, 6) is -2.71. The van der Waals surface area contributed by atoms with Crippen molar-refractivity contribution in [3.05, 3.63) is 75.8 Å².